The van der Waals surface area contributed by atoms with Crippen LogP contribution in [-0.4, -0.2) is 45.6 Å². The largest absolute Gasteiger partial charge is 0.453 e. The molecule has 0 saturated carbocycles. The summed E-state index contributed by atoms with van der Waals surface area (Å²) >= 11 is 0. The van der Waals surface area contributed by atoms with Crippen molar-refractivity contribution in [2.45, 2.75) is 45.7 Å². The molecule has 0 aliphatic heterocycles. The minimum atomic E-state index is -1.01. The van der Waals surface area contributed by atoms with Gasteiger partial charge in [0.2, 0.25) is 11.8 Å². The number of rotatable bonds is 11. The van der Waals surface area contributed by atoms with Gasteiger partial charge in [0.1, 0.15) is 17.6 Å². The van der Waals surface area contributed by atoms with Gasteiger partial charge < -0.3 is 30.7 Å². The van der Waals surface area contributed by atoms with Gasteiger partial charge in [-0.05, 0) is 55.0 Å². The van der Waals surface area contributed by atoms with Crippen LogP contribution in [0, 0.1) is 5.92 Å². The first kappa shape index (κ1) is 27.2. The molecule has 3 aromatic rings. The van der Waals surface area contributed by atoms with E-state index in [-0.39, 0.29) is 25.1 Å². The van der Waals surface area contributed by atoms with Gasteiger partial charge in [-0.25, -0.2) is 9.78 Å². The highest BCUT2D eigenvalue weighted by Gasteiger charge is 2.22. The average Bonchev–Trinajstić information content (AvgIpc) is 3.26. The zero-order valence-corrected chi connectivity index (χ0v) is 21.1. The van der Waals surface area contributed by atoms with Crippen LogP contribution in [0.3, 0.4) is 0 Å². The number of nitrogens with zero attached hydrogens (tertiary/aromatic N) is 2. The number of aromatic nitrogens is 3. The fraction of sp³-hybridized carbons (Fsp3) is 0.346. The Hall–Kier alpha value is -4.41. The maximum atomic E-state index is 13.1. The van der Waals surface area contributed by atoms with E-state index in [4.69, 9.17) is 10.7 Å². The molecule has 3 rings (SSSR count). The Kier molecular flexibility index (Phi) is 9.20. The van der Waals surface area contributed by atoms with E-state index in [1.54, 1.807) is 12.3 Å². The molecule has 1 unspecified atom stereocenters. The van der Waals surface area contributed by atoms with Gasteiger partial charge in [0.05, 0.1) is 24.7 Å². The Morgan fingerprint density at radius 2 is 2.00 bits per heavy atom. The number of ether oxygens (including phenoxy) is 1. The molecule has 3 amide bonds. The number of nitrogens with one attached hydrogen (secondary N) is 3. The lowest BCUT2D eigenvalue weighted by Gasteiger charge is -2.17. The molecule has 1 aromatic carbocycles. The lowest BCUT2D eigenvalue weighted by molar-refractivity contribution is -0.118. The number of benzene rings is 1. The van der Waals surface area contributed by atoms with Crippen LogP contribution in [0.4, 0.5) is 10.5 Å². The first-order valence-corrected chi connectivity index (χ1v) is 11.9. The maximum absolute atomic E-state index is 13.1. The van der Waals surface area contributed by atoms with E-state index in [0.29, 0.717) is 11.7 Å². The van der Waals surface area contributed by atoms with Crippen molar-refractivity contribution < 1.29 is 19.1 Å². The summed E-state index contributed by atoms with van der Waals surface area (Å²) in [5, 5.41) is 5.02. The van der Waals surface area contributed by atoms with Crippen molar-refractivity contribution in [1.82, 2.24) is 19.9 Å². The Morgan fingerprint density at radius 1 is 1.22 bits per heavy atom. The van der Waals surface area contributed by atoms with E-state index in [2.05, 4.69) is 40.3 Å². The SMILES string of the molecule is COC(=O)NC(CCC=CC(N)=O)C(=O)Nc1cccn(Cc2nc3c(CC(C)C)cccc3[nH]2)c1=O. The van der Waals surface area contributed by atoms with Crippen molar-refractivity contribution in [3.63, 3.8) is 0 Å². The smallest absolute Gasteiger partial charge is 0.407 e. The molecule has 37 heavy (non-hydrogen) atoms. The zero-order valence-electron chi connectivity index (χ0n) is 21.1. The number of H-pyrrole nitrogens is 1. The highest BCUT2D eigenvalue weighted by Crippen LogP contribution is 2.20. The van der Waals surface area contributed by atoms with E-state index >= 15 is 0 Å². The van der Waals surface area contributed by atoms with Crippen molar-refractivity contribution in [1.29, 1.82) is 0 Å². The molecule has 5 N–H and O–H groups in total. The van der Waals surface area contributed by atoms with Gasteiger partial charge in [-0.2, -0.15) is 0 Å². The van der Waals surface area contributed by atoms with Gasteiger partial charge in [0.25, 0.3) is 5.56 Å². The van der Waals surface area contributed by atoms with Crippen LogP contribution in [0.25, 0.3) is 11.0 Å². The summed E-state index contributed by atoms with van der Waals surface area (Å²) < 4.78 is 6.03. The van der Waals surface area contributed by atoms with Crippen molar-refractivity contribution in [3.05, 3.63) is 70.4 Å². The first-order chi connectivity index (χ1) is 17.7. The minimum Gasteiger partial charge on any atom is -0.453 e. The topological polar surface area (TPSA) is 161 Å². The van der Waals surface area contributed by atoms with E-state index in [0.717, 1.165) is 23.0 Å². The van der Waals surface area contributed by atoms with Gasteiger partial charge in [-0.15, -0.1) is 0 Å². The number of amides is 3. The number of hydrogen-bond acceptors (Lipinski definition) is 6. The Morgan fingerprint density at radius 3 is 2.70 bits per heavy atom. The molecule has 0 spiro atoms. The molecule has 2 aromatic heterocycles. The fourth-order valence-electron chi connectivity index (χ4n) is 3.89. The molecule has 0 saturated heterocycles. The van der Waals surface area contributed by atoms with Crippen LogP contribution >= 0.6 is 0 Å². The number of imidazole rings is 1. The number of para-hydroxylation sites is 1. The predicted molar refractivity (Wildman–Crippen MR) is 140 cm³/mol. The second-order valence-electron chi connectivity index (χ2n) is 9.01. The third-order valence-corrected chi connectivity index (χ3v) is 5.57. The van der Waals surface area contributed by atoms with Gasteiger partial charge in [0.15, 0.2) is 0 Å². The lowest BCUT2D eigenvalue weighted by Crippen LogP contribution is -2.44. The van der Waals surface area contributed by atoms with Crippen LogP contribution in [-0.2, 0) is 27.3 Å². The molecule has 0 fully saturated rings. The number of pyridine rings is 1. The van der Waals surface area contributed by atoms with E-state index in [9.17, 15) is 19.2 Å². The van der Waals surface area contributed by atoms with Crippen LogP contribution in [0.2, 0.25) is 0 Å². The first-order valence-electron chi connectivity index (χ1n) is 11.9. The number of aromatic amines is 1. The quantitative estimate of drug-likeness (QED) is 0.291. The number of carbonyl (C=O) groups excluding carboxylic acids is 3. The van der Waals surface area contributed by atoms with Gasteiger partial charge in [0, 0.05) is 6.20 Å². The summed E-state index contributed by atoms with van der Waals surface area (Å²) in [4.78, 5) is 56.6. The van der Waals surface area contributed by atoms with Crippen LogP contribution < -0.4 is 21.9 Å². The molecule has 0 aliphatic rings. The summed E-state index contributed by atoms with van der Waals surface area (Å²) in [6.07, 6.45) is 4.81. The highest BCUT2D eigenvalue weighted by molar-refractivity contribution is 5.96. The molecule has 196 valence electrons. The number of alkyl carbamates (subject to hydrolysis) is 1. The van der Waals surface area contributed by atoms with Crippen molar-refractivity contribution in [2.24, 2.45) is 11.7 Å². The van der Waals surface area contributed by atoms with Crippen molar-refractivity contribution >= 4 is 34.6 Å². The van der Waals surface area contributed by atoms with Crippen LogP contribution in [0.1, 0.15) is 38.1 Å². The third kappa shape index (κ3) is 7.53. The molecular formula is C26H32N6O5. The fourth-order valence-corrected chi connectivity index (χ4v) is 3.89. The van der Waals surface area contributed by atoms with E-state index in [1.165, 1.54) is 29.9 Å². The molecule has 0 bridgehead atoms. The Balaban J connectivity index is 1.78. The standard InChI is InChI=1S/C26H32N6O5/c1-16(2)14-17-8-6-10-18-23(17)31-22(28-18)15-32-13-7-11-20(25(32)35)29-24(34)19(30-26(36)37-3)9-4-5-12-21(27)33/h5-8,10-13,16,19H,4,9,14-15H2,1-3H3,(H2,27,33)(H,28,31)(H,29,34)(H,30,36). The molecule has 11 heteroatoms. The minimum absolute atomic E-state index is 0.0495. The third-order valence-electron chi connectivity index (χ3n) is 5.57. The molecule has 2 heterocycles. The number of allylic oxidation sites excluding steroid dienone is 1. The van der Waals surface area contributed by atoms with E-state index < -0.39 is 29.5 Å². The monoisotopic (exact) mass is 508 g/mol. The highest BCUT2D eigenvalue weighted by atomic mass is 16.5. The normalized spacial score (nSPS) is 12.1. The van der Waals surface area contributed by atoms with Gasteiger partial charge in [-0.3, -0.25) is 14.4 Å². The number of carbonyl (C=O) groups is 3. The number of primary amides is 1. The average molecular weight is 509 g/mol. The summed E-state index contributed by atoms with van der Waals surface area (Å²) in [5.74, 6) is -0.129. The Labute approximate surface area is 214 Å². The lowest BCUT2D eigenvalue weighted by atomic mass is 10.0. The summed E-state index contributed by atoms with van der Waals surface area (Å²) in [6.45, 7) is 4.48. The second kappa shape index (κ2) is 12.5. The van der Waals surface area contributed by atoms with Crippen LogP contribution in [0.15, 0.2) is 53.5 Å². The zero-order chi connectivity index (χ0) is 26.9. The summed E-state index contributed by atoms with van der Waals surface area (Å²) in [7, 11) is 1.18. The molecule has 0 radical (unpaired) electrons. The summed E-state index contributed by atoms with van der Waals surface area (Å²) in [5.41, 5.74) is 7.61. The molecular weight excluding hydrogens is 476 g/mol. The second-order valence-corrected chi connectivity index (χ2v) is 9.01. The van der Waals surface area contributed by atoms with E-state index in [1.807, 2.05) is 12.1 Å². The Bertz CT molecular complexity index is 1360. The van der Waals surface area contributed by atoms with Crippen LogP contribution in [0.5, 0.6) is 0 Å². The number of hydrogen-bond donors (Lipinski definition) is 4. The molecule has 0 aliphatic carbocycles. The van der Waals surface area contributed by atoms with Gasteiger partial charge in [-0.1, -0.05) is 32.1 Å². The maximum Gasteiger partial charge on any atom is 0.407 e. The molecule has 11 nitrogen and oxygen atoms in total. The summed E-state index contributed by atoms with van der Waals surface area (Å²) in [6, 6.07) is 8.10. The number of anilines is 1. The number of methoxy groups -OCH3 is 1. The van der Waals surface area contributed by atoms with Crippen molar-refractivity contribution in [2.75, 3.05) is 12.4 Å². The number of fused-ring (bicyclic) bond motifs is 1. The predicted octanol–water partition coefficient (Wildman–Crippen LogP) is 2.46. The number of nitrogens with two attached hydrogens (primary N) is 1. The van der Waals surface area contributed by atoms with Gasteiger partial charge >= 0.3 is 6.09 Å². The molecule has 1 atom stereocenters. The van der Waals surface area contributed by atoms with Crippen molar-refractivity contribution in [3.8, 4) is 0 Å².